The lowest BCUT2D eigenvalue weighted by molar-refractivity contribution is -0.121. The molecular formula is C14H21N3OS. The highest BCUT2D eigenvalue weighted by Gasteiger charge is 2.19. The van der Waals surface area contributed by atoms with Gasteiger partial charge >= 0.3 is 0 Å². The molecule has 0 unspecified atom stereocenters. The van der Waals surface area contributed by atoms with E-state index in [1.54, 1.807) is 11.3 Å². The van der Waals surface area contributed by atoms with E-state index >= 15 is 0 Å². The van der Waals surface area contributed by atoms with Gasteiger partial charge in [-0.1, -0.05) is 19.3 Å². The number of aromatic nitrogens is 1. The minimum atomic E-state index is 0.144. The van der Waals surface area contributed by atoms with Crippen LogP contribution in [0.25, 0.3) is 0 Å². The molecule has 1 aromatic heterocycles. The Bertz CT molecular complexity index is 428. The van der Waals surface area contributed by atoms with E-state index < -0.39 is 0 Å². The summed E-state index contributed by atoms with van der Waals surface area (Å²) < 4.78 is 0. The Labute approximate surface area is 118 Å². The van der Waals surface area contributed by atoms with E-state index in [0.29, 0.717) is 12.5 Å². The molecule has 19 heavy (non-hydrogen) atoms. The van der Waals surface area contributed by atoms with Crippen molar-refractivity contribution in [3.63, 3.8) is 0 Å². The molecule has 1 amide bonds. The van der Waals surface area contributed by atoms with Gasteiger partial charge in [-0.15, -0.1) is 11.3 Å². The lowest BCUT2D eigenvalue weighted by Crippen LogP contribution is -2.37. The third-order valence-electron chi connectivity index (χ3n) is 3.93. The van der Waals surface area contributed by atoms with Gasteiger partial charge in [0.15, 0.2) is 0 Å². The molecule has 0 atom stereocenters. The van der Waals surface area contributed by atoms with E-state index in [1.807, 2.05) is 0 Å². The van der Waals surface area contributed by atoms with Crippen LogP contribution in [-0.2, 0) is 24.2 Å². The molecule has 0 bridgehead atoms. The first-order valence-corrected chi connectivity index (χ1v) is 8.10. The third-order valence-corrected chi connectivity index (χ3v) is 5.03. The van der Waals surface area contributed by atoms with Crippen molar-refractivity contribution in [1.29, 1.82) is 0 Å². The van der Waals surface area contributed by atoms with Crippen LogP contribution in [-0.4, -0.2) is 23.5 Å². The molecule has 2 aliphatic rings. The number of carbonyl (C=O) groups excluding carboxylic acids is 1. The monoisotopic (exact) mass is 279 g/mol. The number of nitrogens with zero attached hydrogens (tertiary/aromatic N) is 1. The van der Waals surface area contributed by atoms with E-state index in [4.69, 9.17) is 0 Å². The molecule has 2 heterocycles. The van der Waals surface area contributed by atoms with Gasteiger partial charge in [-0.25, -0.2) is 4.98 Å². The molecule has 0 saturated heterocycles. The summed E-state index contributed by atoms with van der Waals surface area (Å²) in [5, 5.41) is 7.48. The lowest BCUT2D eigenvalue weighted by atomic mass is 9.95. The van der Waals surface area contributed by atoms with Crippen LogP contribution >= 0.6 is 11.3 Å². The molecule has 1 aliphatic carbocycles. The summed E-state index contributed by atoms with van der Waals surface area (Å²) in [7, 11) is 0. The van der Waals surface area contributed by atoms with Crippen LogP contribution in [0.2, 0.25) is 0 Å². The van der Waals surface area contributed by atoms with E-state index in [9.17, 15) is 4.79 Å². The van der Waals surface area contributed by atoms with Gasteiger partial charge in [0.2, 0.25) is 5.91 Å². The minimum absolute atomic E-state index is 0.144. The highest BCUT2D eigenvalue weighted by atomic mass is 32.1. The molecule has 3 rings (SSSR count). The van der Waals surface area contributed by atoms with Crippen LogP contribution in [0, 0.1) is 0 Å². The summed E-state index contributed by atoms with van der Waals surface area (Å²) in [4.78, 5) is 17.9. The van der Waals surface area contributed by atoms with Crippen LogP contribution < -0.4 is 10.6 Å². The molecule has 0 radical (unpaired) electrons. The molecule has 0 aromatic carbocycles. The van der Waals surface area contributed by atoms with Crippen LogP contribution in [0.3, 0.4) is 0 Å². The Morgan fingerprint density at radius 1 is 1.37 bits per heavy atom. The van der Waals surface area contributed by atoms with Crippen molar-refractivity contribution >= 4 is 17.2 Å². The number of carbonyl (C=O) groups is 1. The largest absolute Gasteiger partial charge is 0.353 e. The fourth-order valence-corrected chi connectivity index (χ4v) is 4.00. The second-order valence-corrected chi connectivity index (χ2v) is 6.65. The SMILES string of the molecule is O=C(Cc1nc2c(s1)CNCC2)NC1CCCCC1. The van der Waals surface area contributed by atoms with Gasteiger partial charge < -0.3 is 10.6 Å². The maximum absolute atomic E-state index is 12.0. The normalized spacial score (nSPS) is 20.0. The Balaban J connectivity index is 1.55. The predicted molar refractivity (Wildman–Crippen MR) is 76.2 cm³/mol. The van der Waals surface area contributed by atoms with Crippen LogP contribution in [0.5, 0.6) is 0 Å². The van der Waals surface area contributed by atoms with Crippen LogP contribution in [0.4, 0.5) is 0 Å². The van der Waals surface area contributed by atoms with Crippen molar-refractivity contribution in [2.45, 2.75) is 57.5 Å². The average Bonchev–Trinajstić information content (AvgIpc) is 2.81. The van der Waals surface area contributed by atoms with Crippen LogP contribution in [0.1, 0.15) is 47.7 Å². The van der Waals surface area contributed by atoms with Gasteiger partial charge in [0.05, 0.1) is 12.1 Å². The highest BCUT2D eigenvalue weighted by Crippen LogP contribution is 2.22. The van der Waals surface area contributed by atoms with Crippen molar-refractivity contribution in [3.05, 3.63) is 15.6 Å². The smallest absolute Gasteiger partial charge is 0.227 e. The Morgan fingerprint density at radius 3 is 3.00 bits per heavy atom. The average molecular weight is 279 g/mol. The quantitative estimate of drug-likeness (QED) is 0.887. The second-order valence-electron chi connectivity index (χ2n) is 5.48. The van der Waals surface area contributed by atoms with Gasteiger partial charge in [-0.3, -0.25) is 4.79 Å². The Kier molecular flexibility index (Phi) is 4.13. The molecule has 1 aliphatic heterocycles. The first-order chi connectivity index (χ1) is 9.31. The minimum Gasteiger partial charge on any atom is -0.353 e. The van der Waals surface area contributed by atoms with Crippen LogP contribution in [0.15, 0.2) is 0 Å². The number of rotatable bonds is 3. The topological polar surface area (TPSA) is 54.0 Å². The number of nitrogens with one attached hydrogen (secondary N) is 2. The zero-order valence-corrected chi connectivity index (χ0v) is 12.0. The van der Waals surface area contributed by atoms with Gasteiger partial charge in [-0.05, 0) is 12.8 Å². The second kappa shape index (κ2) is 6.01. The summed E-state index contributed by atoms with van der Waals surface area (Å²) in [6.07, 6.45) is 7.56. The lowest BCUT2D eigenvalue weighted by Gasteiger charge is -2.22. The number of hydrogen-bond donors (Lipinski definition) is 2. The summed E-state index contributed by atoms with van der Waals surface area (Å²) in [6, 6.07) is 0.400. The number of fused-ring (bicyclic) bond motifs is 1. The van der Waals surface area contributed by atoms with Crippen molar-refractivity contribution in [2.24, 2.45) is 0 Å². The molecule has 1 saturated carbocycles. The van der Waals surface area contributed by atoms with Gasteiger partial charge in [0.1, 0.15) is 5.01 Å². The first kappa shape index (κ1) is 13.1. The molecule has 1 aromatic rings. The molecule has 1 fully saturated rings. The highest BCUT2D eigenvalue weighted by molar-refractivity contribution is 7.11. The maximum Gasteiger partial charge on any atom is 0.227 e. The Morgan fingerprint density at radius 2 is 2.21 bits per heavy atom. The first-order valence-electron chi connectivity index (χ1n) is 7.29. The molecular weight excluding hydrogens is 258 g/mol. The molecule has 104 valence electrons. The van der Waals surface area contributed by atoms with Crippen molar-refractivity contribution in [2.75, 3.05) is 6.54 Å². The fraction of sp³-hybridized carbons (Fsp3) is 0.714. The number of thiazole rings is 1. The number of hydrogen-bond acceptors (Lipinski definition) is 4. The zero-order valence-electron chi connectivity index (χ0n) is 11.2. The Hall–Kier alpha value is -0.940. The maximum atomic E-state index is 12.0. The van der Waals surface area contributed by atoms with Gasteiger partial charge in [0.25, 0.3) is 0 Å². The van der Waals surface area contributed by atoms with E-state index in [-0.39, 0.29) is 5.91 Å². The number of amides is 1. The van der Waals surface area contributed by atoms with Crippen molar-refractivity contribution in [1.82, 2.24) is 15.6 Å². The van der Waals surface area contributed by atoms with Gasteiger partial charge in [0, 0.05) is 30.4 Å². The summed E-state index contributed by atoms with van der Waals surface area (Å²) in [6.45, 7) is 1.92. The molecule has 2 N–H and O–H groups in total. The summed E-state index contributed by atoms with van der Waals surface area (Å²) in [5.74, 6) is 0.144. The van der Waals surface area contributed by atoms with Crippen molar-refractivity contribution in [3.8, 4) is 0 Å². The standard InChI is InChI=1S/C14H21N3OS/c18-13(16-10-4-2-1-3-5-10)8-14-17-11-6-7-15-9-12(11)19-14/h10,15H,1-9H2,(H,16,18). The van der Waals surface area contributed by atoms with E-state index in [2.05, 4.69) is 15.6 Å². The third kappa shape index (κ3) is 3.34. The van der Waals surface area contributed by atoms with E-state index in [1.165, 1.54) is 29.8 Å². The van der Waals surface area contributed by atoms with E-state index in [0.717, 1.165) is 37.4 Å². The van der Waals surface area contributed by atoms with Crippen molar-refractivity contribution < 1.29 is 4.79 Å². The summed E-state index contributed by atoms with van der Waals surface area (Å²) in [5.41, 5.74) is 1.20. The molecule has 4 nitrogen and oxygen atoms in total. The zero-order chi connectivity index (χ0) is 13.1. The van der Waals surface area contributed by atoms with Gasteiger partial charge in [-0.2, -0.15) is 0 Å². The summed E-state index contributed by atoms with van der Waals surface area (Å²) >= 11 is 1.69. The molecule has 5 heteroatoms. The molecule has 0 spiro atoms. The predicted octanol–water partition coefficient (Wildman–Crippen LogP) is 1.78. The fourth-order valence-electron chi connectivity index (χ4n) is 2.92.